The first-order valence-corrected chi connectivity index (χ1v) is 19.2. The Kier molecular flexibility index (Phi) is 9.25. The number of fused-ring (bicyclic) bond motifs is 2. The third-order valence-corrected chi connectivity index (χ3v) is 10.9. The zero-order valence-corrected chi connectivity index (χ0v) is 32.8. The van der Waals surface area contributed by atoms with Crippen LogP contribution in [0, 0.1) is 0 Å². The molecule has 2 fully saturated rings. The summed E-state index contributed by atoms with van der Waals surface area (Å²) in [6.07, 6.45) is 7.78. The second kappa shape index (κ2) is 16.6. The molecule has 6 heterocycles. The predicted octanol–water partition coefficient (Wildman–Crippen LogP) is 5.10. The lowest BCUT2D eigenvalue weighted by molar-refractivity contribution is 0.233. The minimum Gasteiger partial charge on any atom is -0.391 e. The van der Waals surface area contributed by atoms with Crippen LogP contribution in [0.5, 0.6) is 0 Å². The maximum absolute atomic E-state index is 12.8. The van der Waals surface area contributed by atoms with E-state index >= 15 is 0 Å². The van der Waals surface area contributed by atoms with Crippen molar-refractivity contribution in [2.75, 3.05) is 0 Å². The van der Waals surface area contributed by atoms with Crippen LogP contribution in [0.25, 0.3) is 22.3 Å². The Morgan fingerprint density at radius 3 is 1.71 bits per heavy atom. The Morgan fingerprint density at radius 2 is 1.19 bits per heavy atom. The van der Waals surface area contributed by atoms with Crippen molar-refractivity contribution in [1.29, 1.82) is 0 Å². The van der Waals surface area contributed by atoms with Crippen molar-refractivity contribution < 1.29 is 17.1 Å². The fraction of sp³-hybridized carbons (Fsp3) is 0.316. The fourth-order valence-electron chi connectivity index (χ4n) is 6.89. The van der Waals surface area contributed by atoms with Gasteiger partial charge >= 0.3 is 11.5 Å². The summed E-state index contributed by atoms with van der Waals surface area (Å²) in [5.41, 5.74) is 1.23. The third kappa shape index (κ3) is 8.28. The van der Waals surface area contributed by atoms with E-state index in [0.29, 0.717) is 16.9 Å². The second-order valence-corrected chi connectivity index (χ2v) is 14.9. The lowest BCUT2D eigenvalue weighted by Gasteiger charge is -2.34. The maximum Gasteiger partial charge on any atom is 0.437 e. The van der Waals surface area contributed by atoms with Crippen molar-refractivity contribution in [3.8, 4) is 0 Å². The highest BCUT2D eigenvalue weighted by molar-refractivity contribution is 6.30. The second-order valence-electron chi connectivity index (χ2n) is 13.8. The number of rotatable bonds is 7. The predicted molar refractivity (Wildman–Crippen MR) is 217 cm³/mol. The summed E-state index contributed by atoms with van der Waals surface area (Å²) in [6.45, 7) is -5.15. The first-order chi connectivity index (χ1) is 30.9. The van der Waals surface area contributed by atoms with E-state index in [9.17, 15) is 19.2 Å². The number of H-pyrrole nitrogens is 1. The summed E-state index contributed by atoms with van der Waals surface area (Å²) in [7, 11) is 0. The van der Waals surface area contributed by atoms with Crippen LogP contribution in [0.4, 0.5) is 0 Å². The van der Waals surface area contributed by atoms with Crippen molar-refractivity contribution in [2.45, 2.75) is 62.0 Å². The van der Waals surface area contributed by atoms with Gasteiger partial charge in [-0.15, -0.1) is 21.8 Å². The molecule has 8 aromatic rings. The van der Waals surface area contributed by atoms with Gasteiger partial charge in [0, 0.05) is 32.2 Å². The average Bonchev–Trinajstić information content (AvgIpc) is 4.03. The van der Waals surface area contributed by atoms with E-state index in [2.05, 4.69) is 35.1 Å². The van der Waals surface area contributed by atoms with Gasteiger partial charge in [0.2, 0.25) is 11.8 Å². The summed E-state index contributed by atoms with van der Waals surface area (Å²) in [6, 6.07) is 15.5. The lowest BCUT2D eigenvalue weighted by atomic mass is 9.76. The largest absolute Gasteiger partial charge is 0.437 e. The summed E-state index contributed by atoms with van der Waals surface area (Å²) >= 11 is 17.4. The zero-order chi connectivity index (χ0) is 46.4. The van der Waals surface area contributed by atoms with Gasteiger partial charge in [-0.1, -0.05) is 47.5 Å². The van der Waals surface area contributed by atoms with Gasteiger partial charge in [0.15, 0.2) is 22.3 Å². The Labute approximate surface area is 356 Å². The van der Waals surface area contributed by atoms with Crippen LogP contribution in [-0.2, 0) is 26.4 Å². The number of imidazole rings is 2. The molecule has 0 unspecified atom stereocenters. The molecule has 2 aliphatic rings. The Balaban J connectivity index is 0.000000147. The van der Waals surface area contributed by atoms with Gasteiger partial charge < -0.3 is 23.0 Å². The number of alkyl halides is 1. The van der Waals surface area contributed by atoms with Crippen molar-refractivity contribution in [2.24, 2.45) is 14.0 Å². The maximum atomic E-state index is 12.8. The van der Waals surface area contributed by atoms with E-state index < -0.39 is 36.6 Å². The van der Waals surface area contributed by atoms with Crippen LogP contribution < -0.4 is 22.6 Å². The van der Waals surface area contributed by atoms with E-state index in [1.165, 1.54) is 27.6 Å². The number of halogens is 3. The summed E-state index contributed by atoms with van der Waals surface area (Å²) < 4.78 is 59.7. The van der Waals surface area contributed by atoms with Crippen LogP contribution in [0.2, 0.25) is 10.0 Å². The number of benzene rings is 2. The smallest absolute Gasteiger partial charge is 0.391 e. The zero-order valence-electron chi connectivity index (χ0n) is 36.5. The van der Waals surface area contributed by atoms with E-state index in [-0.39, 0.29) is 58.6 Å². The number of aromatic amines is 1. The molecule has 18 nitrogen and oxygen atoms in total. The van der Waals surface area contributed by atoms with Gasteiger partial charge in [0.05, 0.1) is 31.1 Å². The lowest BCUT2D eigenvalue weighted by Crippen LogP contribution is -2.31. The number of aromatic nitrogens is 12. The minimum atomic E-state index is -2.58. The Morgan fingerprint density at radius 1 is 0.695 bits per heavy atom. The van der Waals surface area contributed by atoms with Crippen molar-refractivity contribution in [1.82, 2.24) is 58.2 Å². The van der Waals surface area contributed by atoms with Crippen LogP contribution >= 0.6 is 34.8 Å². The molecule has 6 aromatic heterocycles. The topological polar surface area (TPSA) is 212 Å². The molecule has 1 N–H and O–H groups in total. The van der Waals surface area contributed by atoms with Crippen molar-refractivity contribution >= 4 is 57.1 Å². The molecular formula is C38H35Cl3N12O6. The molecule has 0 aliphatic heterocycles. The molecule has 2 aliphatic carbocycles. The van der Waals surface area contributed by atoms with Gasteiger partial charge in [-0.2, -0.15) is 9.36 Å². The highest BCUT2D eigenvalue weighted by Crippen LogP contribution is 2.45. The SMILES string of the molecule is O=c1oc(CCl)nn1C1CC(c2ccc(Cl)cc2)C1.[2H]C([2H])([2H])n1cnc2nc[nH]c(=O)c21.[2H]C([2H])([2H])n1cnc2ncn(Cc3nn(C4CC(c5ccc(Cl)cc5)C4)c(=O)o3)c(=O)c21. The molecule has 0 radical (unpaired) electrons. The Bertz CT molecular complexity index is 3210. The highest BCUT2D eigenvalue weighted by Gasteiger charge is 2.35. The Hall–Kier alpha value is -6.11. The van der Waals surface area contributed by atoms with Crippen LogP contribution in [0.1, 0.15) is 80.7 Å². The van der Waals surface area contributed by atoms with Crippen molar-refractivity contribution in [3.63, 3.8) is 0 Å². The first-order valence-electron chi connectivity index (χ1n) is 21.0. The molecular weight excluding hydrogens is 827 g/mol. The van der Waals surface area contributed by atoms with Gasteiger partial charge in [-0.25, -0.2) is 29.5 Å². The van der Waals surface area contributed by atoms with Crippen LogP contribution in [0.15, 0.2) is 102 Å². The number of hydrogen-bond donors (Lipinski definition) is 1. The highest BCUT2D eigenvalue weighted by atomic mass is 35.5. The third-order valence-electron chi connectivity index (χ3n) is 10.1. The molecule has 0 atom stereocenters. The molecule has 0 bridgehead atoms. The minimum absolute atomic E-state index is 0.0251. The number of hydrogen-bond acceptors (Lipinski definition) is 12. The number of nitrogens with one attached hydrogen (secondary N) is 1. The summed E-state index contributed by atoms with van der Waals surface area (Å²) in [4.78, 5) is 65.7. The number of nitrogens with zero attached hydrogens (tertiary/aromatic N) is 11. The van der Waals surface area contributed by atoms with Crippen molar-refractivity contribution in [3.05, 3.63) is 149 Å². The molecule has 304 valence electrons. The van der Waals surface area contributed by atoms with Crippen LogP contribution in [-0.4, -0.2) is 58.2 Å². The van der Waals surface area contributed by atoms with E-state index in [4.69, 9.17) is 51.9 Å². The standard InChI is InChI=1S/C19H17ClN6O3.C13H12Cl2N2O2.C6H6N4O/c1-24-9-21-17-16(24)18(27)25(10-22-17)8-15-23-26(19(28)29-15)14-6-12(7-14)11-2-4-13(20)5-3-11;14-7-12-16-17(13(18)19-12)11-5-9(6-11)8-1-3-10(15)4-2-8;1-10-3-9-5-4(10)6(11)8-2-7-5/h2-5,9-10,12,14H,6-8H2,1H3;1-4,9,11H,5-7H2;2-3H,1H3,(H,7,8,11)/i1D3;;1D3. The quantitative estimate of drug-likeness (QED) is 0.207. The van der Waals surface area contributed by atoms with E-state index in [1.54, 1.807) is 0 Å². The normalized spacial score (nSPS) is 20.3. The molecule has 2 saturated carbocycles. The first kappa shape index (κ1) is 32.8. The molecule has 10 rings (SSSR count). The monoisotopic (exact) mass is 866 g/mol. The van der Waals surface area contributed by atoms with E-state index in [0.717, 1.165) is 62.6 Å². The molecule has 21 heteroatoms. The molecule has 0 spiro atoms. The van der Waals surface area contributed by atoms with Gasteiger partial charge in [-0.3, -0.25) is 14.2 Å². The van der Waals surface area contributed by atoms with Gasteiger partial charge in [0.25, 0.3) is 11.1 Å². The molecule has 0 amide bonds. The fourth-order valence-corrected chi connectivity index (χ4v) is 7.25. The average molecular weight is 868 g/mol. The summed E-state index contributed by atoms with van der Waals surface area (Å²) in [5.74, 6) is 0.165. The summed E-state index contributed by atoms with van der Waals surface area (Å²) in [5, 5.41) is 9.73. The molecule has 2 aromatic carbocycles. The number of aryl methyl sites for hydroxylation is 2. The van der Waals surface area contributed by atoms with Gasteiger partial charge in [-0.05, 0) is 72.9 Å². The molecule has 0 saturated heterocycles. The van der Waals surface area contributed by atoms with Crippen LogP contribution in [0.3, 0.4) is 0 Å². The molecule has 59 heavy (non-hydrogen) atoms. The van der Waals surface area contributed by atoms with E-state index in [1.807, 2.05) is 48.5 Å². The van der Waals surface area contributed by atoms with Gasteiger partial charge in [0.1, 0.15) is 18.8 Å².